The maximum atomic E-state index is 13.1. The normalized spacial score (nSPS) is 14.2. The Morgan fingerprint density at radius 2 is 0.515 bits per heavy atom. The minimum absolute atomic E-state index is 0.105. The molecule has 0 fully saturated rings. The summed E-state index contributed by atoms with van der Waals surface area (Å²) in [6.45, 7) is 9.61. The van der Waals surface area contributed by atoms with E-state index in [1.807, 2.05) is 0 Å². The van der Waals surface area contributed by atoms with Crippen LogP contribution in [0.25, 0.3) is 0 Å². The lowest BCUT2D eigenvalue weighted by Gasteiger charge is -2.21. The second kappa shape index (κ2) is 71.7. The number of ether oxygens (including phenoxy) is 4. The predicted octanol–water partition coefficient (Wildman–Crippen LogP) is 23.9. The van der Waals surface area contributed by atoms with Crippen LogP contribution in [0.4, 0.5) is 0 Å². The van der Waals surface area contributed by atoms with Crippen molar-refractivity contribution in [1.29, 1.82) is 0 Å². The van der Waals surface area contributed by atoms with Gasteiger partial charge >= 0.3 is 39.5 Å². The molecule has 6 atom stereocenters. The molecule has 0 aromatic heterocycles. The molecule has 0 saturated carbocycles. The molecular formula is C80H156O17P2. The van der Waals surface area contributed by atoms with Crippen molar-refractivity contribution in [2.45, 2.75) is 439 Å². The van der Waals surface area contributed by atoms with Gasteiger partial charge in [0.1, 0.15) is 19.3 Å². The lowest BCUT2D eigenvalue weighted by atomic mass is 9.99. The zero-order valence-corrected chi connectivity index (χ0v) is 66.6. The Morgan fingerprint density at radius 1 is 0.293 bits per heavy atom. The van der Waals surface area contributed by atoms with E-state index in [1.54, 1.807) is 0 Å². The highest BCUT2D eigenvalue weighted by molar-refractivity contribution is 7.47. The Bertz CT molecular complexity index is 1910. The molecule has 0 heterocycles. The highest BCUT2D eigenvalue weighted by Gasteiger charge is 2.30. The predicted molar refractivity (Wildman–Crippen MR) is 405 cm³/mol. The lowest BCUT2D eigenvalue weighted by Crippen LogP contribution is -2.30. The number of aliphatic hydroxyl groups is 1. The Balaban J connectivity index is 5.16. The van der Waals surface area contributed by atoms with Crippen molar-refractivity contribution in [2.24, 2.45) is 11.8 Å². The van der Waals surface area contributed by atoms with Crippen LogP contribution in [0.1, 0.15) is 420 Å². The van der Waals surface area contributed by atoms with Crippen LogP contribution in [-0.2, 0) is 65.4 Å². The number of unbranched alkanes of at least 4 members (excludes halogenated alkanes) is 48. The molecule has 17 nitrogen and oxygen atoms in total. The first-order chi connectivity index (χ1) is 47.9. The van der Waals surface area contributed by atoms with Crippen molar-refractivity contribution in [3.05, 3.63) is 0 Å². The van der Waals surface area contributed by atoms with E-state index in [9.17, 15) is 43.2 Å². The number of phosphoric acid groups is 2. The van der Waals surface area contributed by atoms with Gasteiger partial charge in [-0.15, -0.1) is 0 Å². The van der Waals surface area contributed by atoms with Crippen molar-refractivity contribution >= 4 is 39.5 Å². The minimum Gasteiger partial charge on any atom is -0.462 e. The highest BCUT2D eigenvalue weighted by Crippen LogP contribution is 2.45. The first-order valence-electron chi connectivity index (χ1n) is 41.5. The summed E-state index contributed by atoms with van der Waals surface area (Å²) in [5.74, 6) is -0.531. The second-order valence-corrected chi connectivity index (χ2v) is 32.4. The van der Waals surface area contributed by atoms with Gasteiger partial charge in [0.25, 0.3) is 0 Å². The minimum atomic E-state index is -4.96. The summed E-state index contributed by atoms with van der Waals surface area (Å²) in [6.07, 6.45) is 61.4. The van der Waals surface area contributed by atoms with Crippen LogP contribution < -0.4 is 0 Å². The van der Waals surface area contributed by atoms with Gasteiger partial charge in [0.15, 0.2) is 12.2 Å². The molecule has 99 heavy (non-hydrogen) atoms. The molecule has 0 aromatic rings. The van der Waals surface area contributed by atoms with Gasteiger partial charge in [-0.1, -0.05) is 369 Å². The highest BCUT2D eigenvalue weighted by atomic mass is 31.2. The van der Waals surface area contributed by atoms with E-state index in [2.05, 4.69) is 41.5 Å². The monoisotopic (exact) mass is 1450 g/mol. The molecule has 0 aromatic carbocycles. The van der Waals surface area contributed by atoms with E-state index in [4.69, 9.17) is 37.0 Å². The zero-order valence-electron chi connectivity index (χ0n) is 64.8. The molecular weight excluding hydrogens is 1290 g/mol. The molecule has 0 bridgehead atoms. The number of aliphatic hydroxyl groups excluding tert-OH is 1. The summed E-state index contributed by atoms with van der Waals surface area (Å²) in [7, 11) is -9.91. The average Bonchev–Trinajstić information content (AvgIpc) is 1.09. The number of hydrogen-bond acceptors (Lipinski definition) is 15. The third-order valence-corrected chi connectivity index (χ3v) is 21.0. The zero-order chi connectivity index (χ0) is 72.8. The van der Waals surface area contributed by atoms with Crippen LogP contribution in [0.3, 0.4) is 0 Å². The number of rotatable bonds is 79. The van der Waals surface area contributed by atoms with Gasteiger partial charge in [0, 0.05) is 25.7 Å². The number of esters is 4. The van der Waals surface area contributed by atoms with Gasteiger partial charge in [-0.05, 0) is 37.5 Å². The van der Waals surface area contributed by atoms with Crippen molar-refractivity contribution in [2.75, 3.05) is 39.6 Å². The summed E-state index contributed by atoms with van der Waals surface area (Å²) in [6, 6.07) is 0. The molecule has 0 spiro atoms. The molecule has 3 N–H and O–H groups in total. The van der Waals surface area contributed by atoms with E-state index in [0.717, 1.165) is 115 Å². The topological polar surface area (TPSA) is 237 Å². The third-order valence-electron chi connectivity index (χ3n) is 19.1. The fourth-order valence-electron chi connectivity index (χ4n) is 12.3. The van der Waals surface area contributed by atoms with Crippen molar-refractivity contribution in [1.82, 2.24) is 0 Å². The number of hydrogen-bond donors (Lipinski definition) is 3. The number of carbonyl (C=O) groups is 4. The summed E-state index contributed by atoms with van der Waals surface area (Å²) in [5, 5.41) is 10.6. The number of carbonyl (C=O) groups excluding carboxylic acids is 4. The molecule has 0 aliphatic heterocycles. The van der Waals surface area contributed by atoms with Crippen LogP contribution >= 0.6 is 15.6 Å². The average molecular weight is 1450 g/mol. The molecule has 0 amide bonds. The van der Waals surface area contributed by atoms with E-state index < -0.39 is 97.5 Å². The fourth-order valence-corrected chi connectivity index (χ4v) is 13.9. The standard InChI is InChI=1S/C80H156O17P2/c1-7-10-12-14-16-17-18-19-20-21-22-23-24-25-26-27-32-35-40-46-52-58-64-79(84)97-76(69-91-78(83)63-57-51-45-39-34-31-29-28-30-33-38-44-49-55-61-73(6)9-3)71-95-99(88,89)93-67-74(81)66-92-98(86,87)94-70-75(68-90-77(82)62-56-50-42-15-13-11-8-2)96-80(85)65-59-53-47-41-36-37-43-48-54-60-72(4)5/h72-76,81H,7-71H2,1-6H3,(H,86,87)(H,88,89)/t73?,74-,75+,76+/m0/s1. The third kappa shape index (κ3) is 72.8. The summed E-state index contributed by atoms with van der Waals surface area (Å²) in [5.41, 5.74) is 0. The Hall–Kier alpha value is -1.94. The van der Waals surface area contributed by atoms with Crippen LogP contribution in [0.15, 0.2) is 0 Å². The molecule has 0 rings (SSSR count). The van der Waals surface area contributed by atoms with E-state index in [1.165, 1.54) is 225 Å². The molecule has 3 unspecified atom stereocenters. The van der Waals surface area contributed by atoms with Gasteiger partial charge < -0.3 is 33.8 Å². The van der Waals surface area contributed by atoms with Gasteiger partial charge in [-0.3, -0.25) is 37.3 Å². The maximum Gasteiger partial charge on any atom is 0.472 e. The molecule has 0 aliphatic carbocycles. The van der Waals surface area contributed by atoms with Crippen molar-refractivity contribution in [3.63, 3.8) is 0 Å². The Kier molecular flexibility index (Phi) is 70.3. The van der Waals surface area contributed by atoms with Gasteiger partial charge in [0.05, 0.1) is 26.4 Å². The van der Waals surface area contributed by atoms with Gasteiger partial charge in [-0.25, -0.2) is 9.13 Å². The largest absolute Gasteiger partial charge is 0.472 e. The number of phosphoric ester groups is 2. The van der Waals surface area contributed by atoms with Crippen LogP contribution in [0.5, 0.6) is 0 Å². The molecule has 0 saturated heterocycles. The summed E-state index contributed by atoms with van der Waals surface area (Å²) < 4.78 is 68.5. The smallest absolute Gasteiger partial charge is 0.462 e. The Morgan fingerprint density at radius 3 is 0.768 bits per heavy atom. The molecule has 0 radical (unpaired) electrons. The first-order valence-corrected chi connectivity index (χ1v) is 44.5. The van der Waals surface area contributed by atoms with Gasteiger partial charge in [0.2, 0.25) is 0 Å². The van der Waals surface area contributed by atoms with Crippen LogP contribution in [0.2, 0.25) is 0 Å². The molecule has 19 heteroatoms. The van der Waals surface area contributed by atoms with E-state index in [-0.39, 0.29) is 25.7 Å². The first kappa shape index (κ1) is 97.1. The Labute approximate surface area is 607 Å². The summed E-state index contributed by atoms with van der Waals surface area (Å²) in [4.78, 5) is 72.8. The second-order valence-electron chi connectivity index (χ2n) is 29.5. The lowest BCUT2D eigenvalue weighted by molar-refractivity contribution is -0.161. The van der Waals surface area contributed by atoms with Gasteiger partial charge in [-0.2, -0.15) is 0 Å². The molecule has 0 aliphatic rings. The maximum absolute atomic E-state index is 13.1. The van der Waals surface area contributed by atoms with E-state index in [0.29, 0.717) is 25.7 Å². The summed E-state index contributed by atoms with van der Waals surface area (Å²) >= 11 is 0. The quantitative estimate of drug-likeness (QED) is 0.0222. The van der Waals surface area contributed by atoms with Crippen molar-refractivity contribution < 1.29 is 80.2 Å². The van der Waals surface area contributed by atoms with Crippen LogP contribution in [-0.4, -0.2) is 96.7 Å². The fraction of sp³-hybridized carbons (Fsp3) is 0.950. The van der Waals surface area contributed by atoms with E-state index >= 15 is 0 Å². The molecule has 588 valence electrons. The SMILES string of the molecule is CCCCCCCCCCCCCCCCCCCCCCCCC(=O)O[C@H](COC(=O)CCCCCCCCCCCCCCCCC(C)CC)COP(=O)(O)OC[C@@H](O)COP(=O)(O)OC[C@@H](COC(=O)CCCCCCCCC)OC(=O)CCCCCCCCCCCC(C)C. The van der Waals surface area contributed by atoms with Crippen molar-refractivity contribution in [3.8, 4) is 0 Å². The van der Waals surface area contributed by atoms with Crippen LogP contribution in [0, 0.1) is 11.8 Å².